The first kappa shape index (κ1) is 18.8. The summed E-state index contributed by atoms with van der Waals surface area (Å²) < 4.78 is 77.7. The second-order valence-corrected chi connectivity index (χ2v) is 6.37. The van der Waals surface area contributed by atoms with Gasteiger partial charge in [0, 0.05) is 15.4 Å². The SMILES string of the molecule is CCCNC(Cc1sccc1Br)C(C(F)(F)F)C(F)(F)F. The maximum Gasteiger partial charge on any atom is 0.402 e. The van der Waals surface area contributed by atoms with Gasteiger partial charge in [0.25, 0.3) is 0 Å². The maximum absolute atomic E-state index is 12.9. The minimum atomic E-state index is -5.34. The molecule has 1 aromatic heterocycles. The topological polar surface area (TPSA) is 12.0 Å². The predicted molar refractivity (Wildman–Crippen MR) is 73.4 cm³/mol. The summed E-state index contributed by atoms with van der Waals surface area (Å²) in [5.74, 6) is -3.38. The highest BCUT2D eigenvalue weighted by molar-refractivity contribution is 9.10. The average Bonchev–Trinajstić information content (AvgIpc) is 2.68. The lowest BCUT2D eigenvalue weighted by atomic mass is 9.94. The number of hydrogen-bond donors (Lipinski definition) is 1. The van der Waals surface area contributed by atoms with Crippen LogP contribution in [0.2, 0.25) is 0 Å². The van der Waals surface area contributed by atoms with Crippen LogP contribution in [0.25, 0.3) is 0 Å². The predicted octanol–water partition coefficient (Wildman–Crippen LogP) is 5.16. The van der Waals surface area contributed by atoms with Gasteiger partial charge < -0.3 is 5.32 Å². The Morgan fingerprint density at radius 3 is 2.14 bits per heavy atom. The molecule has 1 unspecified atom stereocenters. The molecule has 1 nitrogen and oxygen atoms in total. The van der Waals surface area contributed by atoms with E-state index in [1.807, 2.05) is 0 Å². The van der Waals surface area contributed by atoms with Crippen molar-refractivity contribution in [2.24, 2.45) is 5.92 Å². The van der Waals surface area contributed by atoms with E-state index in [0.717, 1.165) is 11.3 Å². The van der Waals surface area contributed by atoms with Crippen molar-refractivity contribution in [3.8, 4) is 0 Å². The molecule has 0 bridgehead atoms. The summed E-state index contributed by atoms with van der Waals surface area (Å²) in [6.07, 6.45) is -10.6. The molecule has 0 amide bonds. The van der Waals surface area contributed by atoms with Crippen LogP contribution >= 0.6 is 27.3 Å². The number of halogens is 7. The molecule has 0 aliphatic heterocycles. The Labute approximate surface area is 130 Å². The molecule has 0 saturated carbocycles. The highest BCUT2D eigenvalue weighted by atomic mass is 79.9. The zero-order chi connectivity index (χ0) is 16.3. The van der Waals surface area contributed by atoms with Gasteiger partial charge in [-0.3, -0.25) is 0 Å². The van der Waals surface area contributed by atoms with E-state index in [4.69, 9.17) is 0 Å². The second kappa shape index (κ2) is 7.32. The Bertz CT molecular complexity index is 428. The van der Waals surface area contributed by atoms with E-state index in [9.17, 15) is 26.3 Å². The molecular weight excluding hydrogens is 384 g/mol. The van der Waals surface area contributed by atoms with E-state index in [-0.39, 0.29) is 13.0 Å². The normalized spacial score (nSPS) is 14.7. The van der Waals surface area contributed by atoms with Crippen molar-refractivity contribution >= 4 is 27.3 Å². The van der Waals surface area contributed by atoms with Gasteiger partial charge in [0.2, 0.25) is 0 Å². The number of nitrogens with one attached hydrogen (secondary N) is 1. The zero-order valence-corrected chi connectivity index (χ0v) is 13.4. The van der Waals surface area contributed by atoms with Crippen molar-refractivity contribution in [2.75, 3.05) is 6.54 Å². The molecule has 21 heavy (non-hydrogen) atoms. The minimum absolute atomic E-state index is 0.0936. The summed E-state index contributed by atoms with van der Waals surface area (Å²) in [6, 6.07) is -0.132. The van der Waals surface area contributed by atoms with Gasteiger partial charge in [-0.2, -0.15) is 26.3 Å². The van der Waals surface area contributed by atoms with Crippen LogP contribution in [0.3, 0.4) is 0 Å². The standard InChI is InChI=1S/C12H14BrF6NS/c1-2-4-20-8(6-9-7(13)3-5-21-9)10(11(14,15)16)12(17,18)19/h3,5,8,10,20H,2,4,6H2,1H3. The van der Waals surface area contributed by atoms with Gasteiger partial charge in [-0.25, -0.2) is 0 Å². The maximum atomic E-state index is 12.9. The first-order chi connectivity index (χ1) is 9.57. The van der Waals surface area contributed by atoms with Crippen molar-refractivity contribution in [2.45, 2.75) is 38.2 Å². The van der Waals surface area contributed by atoms with E-state index < -0.39 is 24.3 Å². The van der Waals surface area contributed by atoms with Crippen molar-refractivity contribution in [1.29, 1.82) is 0 Å². The van der Waals surface area contributed by atoms with Gasteiger partial charge in [0.15, 0.2) is 5.92 Å². The van der Waals surface area contributed by atoms with Gasteiger partial charge >= 0.3 is 12.4 Å². The fraction of sp³-hybridized carbons (Fsp3) is 0.667. The highest BCUT2D eigenvalue weighted by Gasteiger charge is 2.60. The smallest absolute Gasteiger partial charge is 0.313 e. The molecule has 0 fully saturated rings. The van der Waals surface area contributed by atoms with Gasteiger partial charge in [-0.05, 0) is 46.8 Å². The monoisotopic (exact) mass is 397 g/mol. The molecule has 9 heteroatoms. The molecule has 0 saturated heterocycles. The Hall–Kier alpha value is -0.280. The summed E-state index contributed by atoms with van der Waals surface area (Å²) in [4.78, 5) is 0.460. The fourth-order valence-electron chi connectivity index (χ4n) is 1.95. The van der Waals surface area contributed by atoms with Gasteiger partial charge in [0.1, 0.15) is 0 Å². The van der Waals surface area contributed by atoms with Crippen LogP contribution in [0.1, 0.15) is 18.2 Å². The molecule has 0 aliphatic carbocycles. The summed E-state index contributed by atoms with van der Waals surface area (Å²) in [5.41, 5.74) is 0. The van der Waals surface area contributed by atoms with Crippen molar-refractivity contribution < 1.29 is 26.3 Å². The molecule has 0 spiro atoms. The Kier molecular flexibility index (Phi) is 6.54. The lowest BCUT2D eigenvalue weighted by Gasteiger charge is -2.31. The summed E-state index contributed by atoms with van der Waals surface area (Å²) >= 11 is 4.26. The number of thiophene rings is 1. The van der Waals surface area contributed by atoms with Crippen molar-refractivity contribution in [1.82, 2.24) is 5.32 Å². The molecule has 1 atom stereocenters. The third kappa shape index (κ3) is 5.45. The van der Waals surface area contributed by atoms with E-state index in [2.05, 4.69) is 21.2 Å². The number of rotatable bonds is 6. The summed E-state index contributed by atoms with van der Waals surface area (Å²) in [5, 5.41) is 4.01. The Morgan fingerprint density at radius 1 is 1.19 bits per heavy atom. The molecular formula is C12H14BrF6NS. The third-order valence-corrected chi connectivity index (χ3v) is 4.81. The highest BCUT2D eigenvalue weighted by Crippen LogP contribution is 2.42. The van der Waals surface area contributed by atoms with Gasteiger partial charge in [-0.15, -0.1) is 11.3 Å². The second-order valence-electron chi connectivity index (χ2n) is 4.52. The number of hydrogen-bond acceptors (Lipinski definition) is 2. The van der Waals surface area contributed by atoms with E-state index in [1.165, 1.54) is 0 Å². The van der Waals surface area contributed by atoms with Crippen LogP contribution in [0.4, 0.5) is 26.3 Å². The summed E-state index contributed by atoms with van der Waals surface area (Å²) in [7, 11) is 0. The minimum Gasteiger partial charge on any atom is -0.313 e. The van der Waals surface area contributed by atoms with E-state index in [1.54, 1.807) is 18.4 Å². The fourth-order valence-corrected chi connectivity index (χ4v) is 3.52. The molecule has 1 aromatic rings. The molecule has 0 aromatic carbocycles. The molecule has 1 rings (SSSR count). The summed E-state index contributed by atoms with van der Waals surface area (Å²) in [6.45, 7) is 1.78. The molecule has 0 radical (unpaired) electrons. The Morgan fingerprint density at radius 2 is 1.76 bits per heavy atom. The third-order valence-electron chi connectivity index (χ3n) is 2.86. The molecule has 0 aliphatic rings. The van der Waals surface area contributed by atoms with Gasteiger partial charge in [0.05, 0.1) is 0 Å². The lowest BCUT2D eigenvalue weighted by Crippen LogP contribution is -2.52. The molecule has 122 valence electrons. The first-order valence-electron chi connectivity index (χ1n) is 6.16. The van der Waals surface area contributed by atoms with Crippen molar-refractivity contribution in [3.05, 3.63) is 20.8 Å². The first-order valence-corrected chi connectivity index (χ1v) is 7.83. The zero-order valence-electron chi connectivity index (χ0n) is 11.0. The lowest BCUT2D eigenvalue weighted by molar-refractivity contribution is -0.291. The number of alkyl halides is 6. The van der Waals surface area contributed by atoms with Crippen LogP contribution in [-0.4, -0.2) is 24.9 Å². The molecule has 1 heterocycles. The van der Waals surface area contributed by atoms with Crippen LogP contribution in [-0.2, 0) is 6.42 Å². The van der Waals surface area contributed by atoms with Crippen LogP contribution < -0.4 is 5.32 Å². The van der Waals surface area contributed by atoms with Crippen LogP contribution in [0.15, 0.2) is 15.9 Å². The average molecular weight is 398 g/mol. The molecule has 1 N–H and O–H groups in total. The largest absolute Gasteiger partial charge is 0.402 e. The van der Waals surface area contributed by atoms with Crippen LogP contribution in [0.5, 0.6) is 0 Å². The van der Waals surface area contributed by atoms with E-state index >= 15 is 0 Å². The van der Waals surface area contributed by atoms with E-state index in [0.29, 0.717) is 15.8 Å². The van der Waals surface area contributed by atoms with Gasteiger partial charge in [-0.1, -0.05) is 6.92 Å². The quantitative estimate of drug-likeness (QED) is 0.653. The Balaban J connectivity index is 3.05. The van der Waals surface area contributed by atoms with Crippen LogP contribution in [0, 0.1) is 5.92 Å². The van der Waals surface area contributed by atoms with Crippen molar-refractivity contribution in [3.63, 3.8) is 0 Å².